The lowest BCUT2D eigenvalue weighted by Gasteiger charge is -2.28. The average molecular weight is 468 g/mol. The van der Waals surface area contributed by atoms with Gasteiger partial charge in [0, 0.05) is 30.4 Å². The molecule has 0 bridgehead atoms. The van der Waals surface area contributed by atoms with E-state index in [9.17, 15) is 27.2 Å². The van der Waals surface area contributed by atoms with Crippen LogP contribution in [0.25, 0.3) is 11.3 Å². The molecule has 1 amide bonds. The van der Waals surface area contributed by atoms with Gasteiger partial charge in [-0.3, -0.25) is 14.7 Å². The second-order valence-corrected chi connectivity index (χ2v) is 8.71. The van der Waals surface area contributed by atoms with Crippen molar-refractivity contribution in [2.24, 2.45) is 0 Å². The van der Waals surface area contributed by atoms with Gasteiger partial charge in [-0.1, -0.05) is 0 Å². The second-order valence-electron chi connectivity index (χ2n) is 8.71. The van der Waals surface area contributed by atoms with Crippen molar-refractivity contribution < 1.29 is 31.9 Å². The summed E-state index contributed by atoms with van der Waals surface area (Å²) in [5.41, 5.74) is -0.644. The zero-order valence-corrected chi connectivity index (χ0v) is 18.4. The number of ketones is 1. The number of hydrogen-bond donors (Lipinski definition) is 0. The summed E-state index contributed by atoms with van der Waals surface area (Å²) in [5.74, 6) is -0.456. The molecular weight excluding hydrogens is 444 g/mol. The van der Waals surface area contributed by atoms with Crippen molar-refractivity contribution in [2.45, 2.75) is 64.0 Å². The van der Waals surface area contributed by atoms with Crippen LogP contribution < -0.4 is 0 Å². The summed E-state index contributed by atoms with van der Waals surface area (Å²) in [4.78, 5) is 37.8. The first-order valence-electron chi connectivity index (χ1n) is 10.4. The van der Waals surface area contributed by atoms with Crippen molar-refractivity contribution in [2.75, 3.05) is 6.54 Å². The number of aryl methyl sites for hydroxylation is 1. The molecule has 3 rings (SSSR count). The first-order valence-corrected chi connectivity index (χ1v) is 10.4. The Kier molecular flexibility index (Phi) is 6.99. The molecule has 0 N–H and O–H groups in total. The van der Waals surface area contributed by atoms with Crippen LogP contribution in [0.2, 0.25) is 0 Å². The van der Waals surface area contributed by atoms with Crippen molar-refractivity contribution >= 4 is 11.9 Å². The summed E-state index contributed by atoms with van der Waals surface area (Å²) in [7, 11) is 0. The Balaban J connectivity index is 1.67. The van der Waals surface area contributed by atoms with E-state index in [4.69, 9.17) is 4.74 Å². The maximum absolute atomic E-state index is 14.4. The summed E-state index contributed by atoms with van der Waals surface area (Å²) in [6, 6.07) is 2.41. The molecule has 0 spiro atoms. The predicted octanol–water partition coefficient (Wildman–Crippen LogP) is 4.41. The van der Waals surface area contributed by atoms with Gasteiger partial charge in [0.1, 0.15) is 29.8 Å². The van der Waals surface area contributed by atoms with Crippen molar-refractivity contribution in [3.63, 3.8) is 0 Å². The Hall–Kier alpha value is -3.11. The van der Waals surface area contributed by atoms with E-state index in [2.05, 4.69) is 15.0 Å². The second kappa shape index (κ2) is 9.40. The maximum Gasteiger partial charge on any atom is 0.433 e. The largest absolute Gasteiger partial charge is 0.444 e. The minimum Gasteiger partial charge on any atom is -0.444 e. The van der Waals surface area contributed by atoms with Crippen LogP contribution in [0.15, 0.2) is 30.7 Å². The lowest BCUT2D eigenvalue weighted by molar-refractivity contribution is -0.141. The van der Waals surface area contributed by atoms with Crippen molar-refractivity contribution in [1.29, 1.82) is 0 Å². The number of carbonyl (C=O) groups excluding carboxylic acids is 2. The molecule has 7 nitrogen and oxygen atoms in total. The normalized spacial score (nSPS) is 18.9. The Morgan fingerprint density at radius 1 is 1.15 bits per heavy atom. The molecule has 3 heterocycles. The highest BCUT2D eigenvalue weighted by Gasteiger charge is 2.43. The monoisotopic (exact) mass is 468 g/mol. The Labute approximate surface area is 188 Å². The summed E-state index contributed by atoms with van der Waals surface area (Å²) in [6.45, 7) is 5.14. The molecule has 0 radical (unpaired) electrons. The maximum atomic E-state index is 14.4. The highest BCUT2D eigenvalue weighted by Crippen LogP contribution is 2.29. The lowest BCUT2D eigenvalue weighted by atomic mass is 10.0. The molecule has 2 atom stereocenters. The number of amides is 1. The number of pyridine rings is 1. The first-order chi connectivity index (χ1) is 15.3. The predicted molar refractivity (Wildman–Crippen MR) is 110 cm³/mol. The first kappa shape index (κ1) is 24.5. The summed E-state index contributed by atoms with van der Waals surface area (Å²) < 4.78 is 57.8. The number of halogens is 4. The van der Waals surface area contributed by atoms with Crippen molar-refractivity contribution in [3.05, 3.63) is 42.1 Å². The summed E-state index contributed by atoms with van der Waals surface area (Å²) in [5, 5.41) is 0. The summed E-state index contributed by atoms with van der Waals surface area (Å²) in [6.07, 6.45) is -4.35. The van der Waals surface area contributed by atoms with E-state index in [1.54, 1.807) is 20.8 Å². The van der Waals surface area contributed by atoms with Crippen LogP contribution in [0.1, 0.15) is 45.0 Å². The van der Waals surface area contributed by atoms with Gasteiger partial charge in [0.05, 0.1) is 5.69 Å². The zero-order valence-electron chi connectivity index (χ0n) is 18.4. The third-order valence-electron chi connectivity index (χ3n) is 4.98. The van der Waals surface area contributed by atoms with Gasteiger partial charge in [-0.05, 0) is 51.8 Å². The minimum absolute atomic E-state index is 0.0498. The van der Waals surface area contributed by atoms with Crippen LogP contribution in [0, 0.1) is 0 Å². The number of nitrogens with zero attached hydrogens (tertiary/aromatic N) is 4. The average Bonchev–Trinajstić information content (AvgIpc) is 3.12. The number of rotatable bonds is 5. The number of Topliss-reactive ketones (excluding diaryl/α,β-unsaturated/α-hetero) is 1. The fraction of sp³-hybridized carbons (Fsp3) is 0.500. The van der Waals surface area contributed by atoms with Crippen LogP contribution >= 0.6 is 0 Å². The molecule has 1 saturated heterocycles. The van der Waals surface area contributed by atoms with E-state index < -0.39 is 41.6 Å². The molecular formula is C22H24F4N4O3. The summed E-state index contributed by atoms with van der Waals surface area (Å²) >= 11 is 0. The zero-order chi connectivity index (χ0) is 24.4. The fourth-order valence-electron chi connectivity index (χ4n) is 3.46. The van der Waals surface area contributed by atoms with Crippen LogP contribution in [-0.2, 0) is 22.1 Å². The molecule has 178 valence electrons. The van der Waals surface area contributed by atoms with Crippen molar-refractivity contribution in [3.8, 4) is 11.3 Å². The van der Waals surface area contributed by atoms with Gasteiger partial charge in [0.2, 0.25) is 0 Å². The lowest BCUT2D eigenvalue weighted by Crippen LogP contribution is -2.46. The van der Waals surface area contributed by atoms with Crippen molar-refractivity contribution in [1.82, 2.24) is 19.9 Å². The Morgan fingerprint density at radius 3 is 2.48 bits per heavy atom. The molecule has 11 heteroatoms. The minimum atomic E-state index is -4.54. The molecule has 0 saturated carbocycles. The molecule has 0 aromatic carbocycles. The molecule has 1 aliphatic rings. The van der Waals surface area contributed by atoms with Gasteiger partial charge in [0.15, 0.2) is 5.78 Å². The van der Waals surface area contributed by atoms with E-state index in [0.29, 0.717) is 17.0 Å². The molecule has 1 fully saturated rings. The molecule has 0 unspecified atom stereocenters. The molecule has 2 aromatic rings. The smallest absolute Gasteiger partial charge is 0.433 e. The Morgan fingerprint density at radius 2 is 1.88 bits per heavy atom. The van der Waals surface area contributed by atoms with Crippen LogP contribution in [0.3, 0.4) is 0 Å². The van der Waals surface area contributed by atoms with Gasteiger partial charge in [-0.2, -0.15) is 13.2 Å². The Bertz CT molecular complexity index is 1010. The van der Waals surface area contributed by atoms with Gasteiger partial charge < -0.3 is 4.74 Å². The van der Waals surface area contributed by atoms with Gasteiger partial charge >= 0.3 is 12.3 Å². The molecule has 1 aliphatic heterocycles. The van der Waals surface area contributed by atoms with E-state index in [1.807, 2.05) is 0 Å². The van der Waals surface area contributed by atoms with Crippen LogP contribution in [0.4, 0.5) is 22.4 Å². The number of aromatic nitrogens is 3. The van der Waals surface area contributed by atoms with Gasteiger partial charge in [0.25, 0.3) is 0 Å². The number of alkyl halides is 4. The number of likely N-dealkylation sites (tertiary alicyclic amines) is 1. The molecule has 2 aromatic heterocycles. The number of hydrogen-bond acceptors (Lipinski definition) is 6. The topological polar surface area (TPSA) is 85.3 Å². The standard InChI is InChI=1S/C22H24F4N4O3/c1-21(2,3)33-20(32)30-9-8-15(23)19(30)17(31)6-5-14-10-16(29-12-28-14)13-4-7-18(27-11-13)22(24,25)26/h4,7,10-12,15,19H,5-6,8-9H2,1-3H3/t15-,19+/m1/s1. The third kappa shape index (κ3) is 6.23. The van der Waals surface area contributed by atoms with E-state index in [0.717, 1.165) is 17.2 Å². The number of carbonyl (C=O) groups is 2. The van der Waals surface area contributed by atoms with Gasteiger partial charge in [-0.25, -0.2) is 19.2 Å². The SMILES string of the molecule is CC(C)(C)OC(=O)N1CC[C@@H](F)[C@H]1C(=O)CCc1cc(-c2ccc(C(F)(F)F)nc2)ncn1. The fourth-order valence-corrected chi connectivity index (χ4v) is 3.46. The molecule has 0 aliphatic carbocycles. The highest BCUT2D eigenvalue weighted by atomic mass is 19.4. The van der Waals surface area contributed by atoms with Gasteiger partial charge in [-0.15, -0.1) is 0 Å². The molecule has 33 heavy (non-hydrogen) atoms. The third-order valence-corrected chi connectivity index (χ3v) is 4.98. The van der Waals surface area contributed by atoms with Crippen LogP contribution in [0.5, 0.6) is 0 Å². The number of ether oxygens (including phenoxy) is 1. The van der Waals surface area contributed by atoms with E-state index >= 15 is 0 Å². The quantitative estimate of drug-likeness (QED) is 0.605. The highest BCUT2D eigenvalue weighted by molar-refractivity contribution is 5.88. The van der Waals surface area contributed by atoms with E-state index in [-0.39, 0.29) is 25.8 Å². The van der Waals surface area contributed by atoms with E-state index in [1.165, 1.54) is 18.5 Å². The van der Waals surface area contributed by atoms with Crippen LogP contribution in [-0.4, -0.2) is 56.1 Å².